The standard InChI is InChI=1S/C23H26ClNO3/c1-2-15-3-5-16(6-4-15)12-25-13-21(20-9-17(24)7-8-22(20)25)23-11-18(27)10-19(14-26)28-23/h3-9,13,18-19,23,26-27H,2,10-12,14H2,1H3/t18-,19-,23+/m0/s1. The highest BCUT2D eigenvalue weighted by Gasteiger charge is 2.31. The summed E-state index contributed by atoms with van der Waals surface area (Å²) in [5.41, 5.74) is 4.66. The first-order valence-corrected chi connectivity index (χ1v) is 10.3. The van der Waals surface area contributed by atoms with Gasteiger partial charge in [0.15, 0.2) is 0 Å². The van der Waals surface area contributed by atoms with Gasteiger partial charge in [-0.05, 0) is 35.7 Å². The van der Waals surface area contributed by atoms with Crippen molar-refractivity contribution in [2.45, 2.75) is 51.0 Å². The van der Waals surface area contributed by atoms with Crippen molar-refractivity contribution in [3.63, 3.8) is 0 Å². The Morgan fingerprint density at radius 1 is 1.11 bits per heavy atom. The Morgan fingerprint density at radius 3 is 2.57 bits per heavy atom. The molecular formula is C23H26ClNO3. The molecule has 4 nitrogen and oxygen atoms in total. The van der Waals surface area contributed by atoms with E-state index in [0.717, 1.165) is 29.4 Å². The zero-order valence-corrected chi connectivity index (χ0v) is 16.8. The van der Waals surface area contributed by atoms with Gasteiger partial charge in [-0.15, -0.1) is 0 Å². The fourth-order valence-corrected chi connectivity index (χ4v) is 4.24. The number of nitrogens with zero attached hydrogens (tertiary/aromatic N) is 1. The number of aliphatic hydroxyl groups excluding tert-OH is 2. The largest absolute Gasteiger partial charge is 0.394 e. The molecule has 1 aliphatic heterocycles. The SMILES string of the molecule is CCc1ccc(Cn2cc([C@H]3C[C@@H](O)C[C@@H](CO)O3)c3cc(Cl)ccc32)cc1. The van der Waals surface area contributed by atoms with Crippen molar-refractivity contribution in [2.24, 2.45) is 0 Å². The summed E-state index contributed by atoms with van der Waals surface area (Å²) in [5, 5.41) is 21.5. The van der Waals surface area contributed by atoms with Gasteiger partial charge >= 0.3 is 0 Å². The lowest BCUT2D eigenvalue weighted by atomic mass is 9.96. The molecule has 3 atom stereocenters. The summed E-state index contributed by atoms with van der Waals surface area (Å²) in [4.78, 5) is 0. The van der Waals surface area contributed by atoms with Crippen molar-refractivity contribution < 1.29 is 14.9 Å². The maximum absolute atomic E-state index is 10.2. The van der Waals surface area contributed by atoms with Crippen LogP contribution in [0, 0.1) is 0 Å². The monoisotopic (exact) mass is 399 g/mol. The molecule has 28 heavy (non-hydrogen) atoms. The molecule has 0 aliphatic carbocycles. The Kier molecular flexibility index (Phi) is 5.74. The van der Waals surface area contributed by atoms with Crippen LogP contribution in [-0.4, -0.2) is 33.6 Å². The second kappa shape index (κ2) is 8.26. The molecule has 1 fully saturated rings. The van der Waals surface area contributed by atoms with E-state index in [1.54, 1.807) is 0 Å². The molecule has 0 radical (unpaired) electrons. The van der Waals surface area contributed by atoms with Crippen molar-refractivity contribution in [1.82, 2.24) is 4.57 Å². The normalized spacial score (nSPS) is 22.6. The smallest absolute Gasteiger partial charge is 0.0875 e. The topological polar surface area (TPSA) is 54.6 Å². The number of hydrogen-bond donors (Lipinski definition) is 2. The molecule has 1 aliphatic rings. The number of ether oxygens (including phenoxy) is 1. The summed E-state index contributed by atoms with van der Waals surface area (Å²) in [7, 11) is 0. The van der Waals surface area contributed by atoms with Crippen LogP contribution >= 0.6 is 11.6 Å². The minimum atomic E-state index is -0.477. The molecule has 0 spiro atoms. The molecule has 2 aromatic carbocycles. The quantitative estimate of drug-likeness (QED) is 0.665. The molecule has 3 aromatic rings. The number of aryl methyl sites for hydroxylation is 1. The summed E-state index contributed by atoms with van der Waals surface area (Å²) < 4.78 is 8.28. The van der Waals surface area contributed by atoms with Crippen molar-refractivity contribution in [3.05, 3.63) is 70.4 Å². The highest BCUT2D eigenvalue weighted by Crippen LogP contribution is 2.37. The van der Waals surface area contributed by atoms with Gasteiger partial charge in [-0.1, -0.05) is 42.8 Å². The van der Waals surface area contributed by atoms with Crippen LogP contribution in [0.5, 0.6) is 0 Å². The first-order chi connectivity index (χ1) is 13.6. The van der Waals surface area contributed by atoms with E-state index in [1.165, 1.54) is 11.1 Å². The van der Waals surface area contributed by atoms with E-state index in [0.29, 0.717) is 17.9 Å². The summed E-state index contributed by atoms with van der Waals surface area (Å²) in [6.45, 7) is 2.82. The molecule has 0 bridgehead atoms. The van der Waals surface area contributed by atoms with Gasteiger partial charge in [0.1, 0.15) is 0 Å². The molecule has 0 unspecified atom stereocenters. The van der Waals surface area contributed by atoms with Gasteiger partial charge in [0.2, 0.25) is 0 Å². The van der Waals surface area contributed by atoms with E-state index in [1.807, 2.05) is 18.2 Å². The number of aliphatic hydroxyl groups is 2. The van der Waals surface area contributed by atoms with Crippen LogP contribution in [0.25, 0.3) is 10.9 Å². The zero-order valence-electron chi connectivity index (χ0n) is 16.0. The Bertz CT molecular complexity index is 950. The van der Waals surface area contributed by atoms with Crippen molar-refractivity contribution in [2.75, 3.05) is 6.61 Å². The second-order valence-corrected chi connectivity index (χ2v) is 8.03. The fraction of sp³-hybridized carbons (Fsp3) is 0.391. The lowest BCUT2D eigenvalue weighted by Crippen LogP contribution is -2.33. The number of hydrogen-bond acceptors (Lipinski definition) is 3. The van der Waals surface area contributed by atoms with Gasteiger partial charge in [0.25, 0.3) is 0 Å². The fourth-order valence-electron chi connectivity index (χ4n) is 4.07. The van der Waals surface area contributed by atoms with Crippen LogP contribution in [0.1, 0.15) is 42.6 Å². The number of fused-ring (bicyclic) bond motifs is 1. The van der Waals surface area contributed by atoms with E-state index in [-0.39, 0.29) is 18.8 Å². The summed E-state index contributed by atoms with van der Waals surface area (Å²) >= 11 is 6.28. The number of rotatable bonds is 5. The molecule has 5 heteroatoms. The second-order valence-electron chi connectivity index (χ2n) is 7.60. The van der Waals surface area contributed by atoms with Crippen LogP contribution in [0.2, 0.25) is 5.02 Å². The molecule has 4 rings (SSSR count). The molecule has 0 saturated carbocycles. The number of halogens is 1. The summed E-state index contributed by atoms with van der Waals surface area (Å²) in [6, 6.07) is 14.6. The van der Waals surface area contributed by atoms with E-state index < -0.39 is 6.10 Å². The van der Waals surface area contributed by atoms with Crippen molar-refractivity contribution >= 4 is 22.5 Å². The average molecular weight is 400 g/mol. The highest BCUT2D eigenvalue weighted by molar-refractivity contribution is 6.31. The van der Waals surface area contributed by atoms with Crippen LogP contribution in [-0.2, 0) is 17.7 Å². The van der Waals surface area contributed by atoms with Gasteiger partial charge < -0.3 is 19.5 Å². The van der Waals surface area contributed by atoms with Crippen LogP contribution in [0.4, 0.5) is 0 Å². The lowest BCUT2D eigenvalue weighted by Gasteiger charge is -2.32. The Labute approximate surface area is 170 Å². The van der Waals surface area contributed by atoms with E-state index in [2.05, 4.69) is 42.0 Å². The lowest BCUT2D eigenvalue weighted by molar-refractivity contribution is -0.113. The highest BCUT2D eigenvalue weighted by atomic mass is 35.5. The Balaban J connectivity index is 1.71. The number of aromatic nitrogens is 1. The maximum Gasteiger partial charge on any atom is 0.0875 e. The van der Waals surface area contributed by atoms with Crippen molar-refractivity contribution in [3.8, 4) is 0 Å². The molecular weight excluding hydrogens is 374 g/mol. The van der Waals surface area contributed by atoms with Crippen LogP contribution < -0.4 is 0 Å². The molecule has 2 N–H and O–H groups in total. The van der Waals surface area contributed by atoms with E-state index in [4.69, 9.17) is 16.3 Å². The predicted octanol–water partition coefficient (Wildman–Crippen LogP) is 4.48. The first kappa shape index (κ1) is 19.5. The van der Waals surface area contributed by atoms with E-state index >= 15 is 0 Å². The van der Waals surface area contributed by atoms with Crippen LogP contribution in [0.3, 0.4) is 0 Å². The minimum absolute atomic E-state index is 0.0866. The van der Waals surface area contributed by atoms with Gasteiger partial charge in [-0.2, -0.15) is 0 Å². The molecule has 148 valence electrons. The Hall–Kier alpha value is -1.85. The summed E-state index contributed by atoms with van der Waals surface area (Å²) in [6.07, 6.45) is 3.05. The van der Waals surface area contributed by atoms with E-state index in [9.17, 15) is 10.2 Å². The third kappa shape index (κ3) is 3.96. The average Bonchev–Trinajstić information content (AvgIpc) is 3.05. The number of benzene rings is 2. The first-order valence-electron chi connectivity index (χ1n) is 9.88. The molecule has 0 amide bonds. The van der Waals surface area contributed by atoms with Gasteiger partial charge in [-0.3, -0.25) is 0 Å². The van der Waals surface area contributed by atoms with Gasteiger partial charge in [0.05, 0.1) is 24.9 Å². The molecule has 2 heterocycles. The zero-order chi connectivity index (χ0) is 19.7. The maximum atomic E-state index is 10.2. The van der Waals surface area contributed by atoms with Gasteiger partial charge in [-0.25, -0.2) is 0 Å². The predicted molar refractivity (Wildman–Crippen MR) is 112 cm³/mol. The third-order valence-electron chi connectivity index (χ3n) is 5.59. The minimum Gasteiger partial charge on any atom is -0.394 e. The van der Waals surface area contributed by atoms with Crippen LogP contribution in [0.15, 0.2) is 48.7 Å². The van der Waals surface area contributed by atoms with Crippen molar-refractivity contribution in [1.29, 1.82) is 0 Å². The van der Waals surface area contributed by atoms with Gasteiger partial charge in [0, 0.05) is 47.1 Å². The molecule has 1 aromatic heterocycles. The molecule has 1 saturated heterocycles. The third-order valence-corrected chi connectivity index (χ3v) is 5.82. The summed E-state index contributed by atoms with van der Waals surface area (Å²) in [5.74, 6) is 0. The Morgan fingerprint density at radius 2 is 1.86 bits per heavy atom.